The fraction of sp³-hybridized carbons (Fsp3) is 0.111. The molecular weight excluding hydrogens is 192 g/mol. The van der Waals surface area contributed by atoms with Gasteiger partial charge in [0.05, 0.1) is 5.52 Å². The van der Waals surface area contributed by atoms with Gasteiger partial charge in [-0.2, -0.15) is 5.10 Å². The zero-order chi connectivity index (χ0) is 10.1. The first-order valence-corrected chi connectivity index (χ1v) is 4.54. The Morgan fingerprint density at radius 1 is 1.20 bits per heavy atom. The highest BCUT2D eigenvalue weighted by molar-refractivity contribution is 5.73. The Balaban J connectivity index is 2.05. The summed E-state index contributed by atoms with van der Waals surface area (Å²) in [4.78, 5) is 3.87. The van der Waals surface area contributed by atoms with E-state index in [0.29, 0.717) is 6.67 Å². The normalized spacial score (nSPS) is 10.9. The van der Waals surface area contributed by atoms with E-state index in [0.717, 1.165) is 11.0 Å². The third-order valence-corrected chi connectivity index (χ3v) is 2.17. The third kappa shape index (κ3) is 1.35. The first kappa shape index (κ1) is 8.10. The maximum absolute atomic E-state index is 4.05. The van der Waals surface area contributed by atoms with Crippen LogP contribution >= 0.6 is 0 Å². The van der Waals surface area contributed by atoms with Crippen LogP contribution in [0.5, 0.6) is 0 Å². The number of nitrogens with zero attached hydrogens (tertiary/aromatic N) is 6. The van der Waals surface area contributed by atoms with Crippen molar-refractivity contribution in [3.05, 3.63) is 36.9 Å². The third-order valence-electron chi connectivity index (χ3n) is 2.17. The van der Waals surface area contributed by atoms with E-state index in [1.54, 1.807) is 15.7 Å². The zero-order valence-corrected chi connectivity index (χ0v) is 7.85. The molecular formula is C9H8N6. The molecule has 6 heteroatoms. The second-order valence-electron chi connectivity index (χ2n) is 3.15. The lowest BCUT2D eigenvalue weighted by molar-refractivity contribution is 0.501. The van der Waals surface area contributed by atoms with Crippen molar-refractivity contribution in [1.29, 1.82) is 0 Å². The monoisotopic (exact) mass is 200 g/mol. The number of aromatic nitrogens is 6. The van der Waals surface area contributed by atoms with E-state index >= 15 is 0 Å². The van der Waals surface area contributed by atoms with Crippen molar-refractivity contribution in [3.8, 4) is 0 Å². The summed E-state index contributed by atoms with van der Waals surface area (Å²) in [5.74, 6) is 0. The van der Waals surface area contributed by atoms with E-state index in [1.807, 2.05) is 24.3 Å². The highest BCUT2D eigenvalue weighted by atomic mass is 15.5. The summed E-state index contributed by atoms with van der Waals surface area (Å²) in [7, 11) is 0. The lowest BCUT2D eigenvalue weighted by atomic mass is 10.3. The van der Waals surface area contributed by atoms with Gasteiger partial charge in [0.1, 0.15) is 24.8 Å². The second-order valence-corrected chi connectivity index (χ2v) is 3.15. The van der Waals surface area contributed by atoms with Crippen LogP contribution in [0.15, 0.2) is 36.9 Å². The number of hydrogen-bond acceptors (Lipinski definition) is 4. The minimum Gasteiger partial charge on any atom is -0.231 e. The average molecular weight is 200 g/mol. The number of para-hydroxylation sites is 1. The van der Waals surface area contributed by atoms with Gasteiger partial charge in [-0.25, -0.2) is 14.3 Å². The topological polar surface area (TPSA) is 61.4 Å². The maximum Gasteiger partial charge on any atom is 0.137 e. The van der Waals surface area contributed by atoms with Crippen LogP contribution in [-0.4, -0.2) is 29.8 Å². The Morgan fingerprint density at radius 3 is 3.00 bits per heavy atom. The molecule has 0 unspecified atom stereocenters. The molecule has 6 nitrogen and oxygen atoms in total. The van der Waals surface area contributed by atoms with Crippen molar-refractivity contribution in [2.24, 2.45) is 0 Å². The van der Waals surface area contributed by atoms with Crippen LogP contribution in [0.25, 0.3) is 11.0 Å². The van der Waals surface area contributed by atoms with Gasteiger partial charge in [-0.15, -0.1) is 5.10 Å². The van der Waals surface area contributed by atoms with Crippen LogP contribution in [0.2, 0.25) is 0 Å². The van der Waals surface area contributed by atoms with Crippen LogP contribution in [0.4, 0.5) is 0 Å². The fourth-order valence-corrected chi connectivity index (χ4v) is 1.46. The molecule has 0 aliphatic rings. The SMILES string of the molecule is c1ccc2c(c1)nnn2Cn1cncn1. The molecule has 2 aromatic heterocycles. The molecule has 3 aromatic rings. The van der Waals surface area contributed by atoms with Crippen molar-refractivity contribution < 1.29 is 0 Å². The van der Waals surface area contributed by atoms with Crippen LogP contribution < -0.4 is 0 Å². The predicted molar refractivity (Wildman–Crippen MR) is 52.9 cm³/mol. The summed E-state index contributed by atoms with van der Waals surface area (Å²) >= 11 is 0. The van der Waals surface area contributed by atoms with Gasteiger partial charge in [-0.3, -0.25) is 0 Å². The summed E-state index contributed by atoms with van der Waals surface area (Å²) in [6.45, 7) is 0.528. The average Bonchev–Trinajstić information content (AvgIpc) is 2.89. The Bertz CT molecular complexity index is 567. The Labute approximate surface area is 85.2 Å². The van der Waals surface area contributed by atoms with Gasteiger partial charge >= 0.3 is 0 Å². The highest BCUT2D eigenvalue weighted by Gasteiger charge is 2.03. The molecule has 0 saturated carbocycles. The molecule has 15 heavy (non-hydrogen) atoms. The molecule has 0 aliphatic carbocycles. The van der Waals surface area contributed by atoms with E-state index in [4.69, 9.17) is 0 Å². The molecule has 0 atom stereocenters. The van der Waals surface area contributed by atoms with Gasteiger partial charge in [-0.05, 0) is 12.1 Å². The van der Waals surface area contributed by atoms with E-state index < -0.39 is 0 Å². The van der Waals surface area contributed by atoms with Gasteiger partial charge in [0.25, 0.3) is 0 Å². The first-order chi connectivity index (χ1) is 7.43. The highest BCUT2D eigenvalue weighted by Crippen LogP contribution is 2.09. The van der Waals surface area contributed by atoms with E-state index in [2.05, 4.69) is 20.4 Å². The Morgan fingerprint density at radius 2 is 2.13 bits per heavy atom. The number of hydrogen-bond donors (Lipinski definition) is 0. The van der Waals surface area contributed by atoms with Gasteiger partial charge < -0.3 is 0 Å². The molecule has 0 aliphatic heterocycles. The molecule has 0 saturated heterocycles. The summed E-state index contributed by atoms with van der Waals surface area (Å²) in [6, 6.07) is 7.81. The van der Waals surface area contributed by atoms with Gasteiger partial charge in [0.2, 0.25) is 0 Å². The number of benzene rings is 1. The quantitative estimate of drug-likeness (QED) is 0.605. The smallest absolute Gasteiger partial charge is 0.137 e. The second kappa shape index (κ2) is 3.16. The van der Waals surface area contributed by atoms with Crippen LogP contribution in [0, 0.1) is 0 Å². The molecule has 2 heterocycles. The van der Waals surface area contributed by atoms with Crippen molar-refractivity contribution in [2.75, 3.05) is 0 Å². The lowest BCUT2D eigenvalue weighted by Crippen LogP contribution is -2.09. The van der Waals surface area contributed by atoms with Crippen LogP contribution in [-0.2, 0) is 6.67 Å². The van der Waals surface area contributed by atoms with Crippen molar-refractivity contribution in [2.45, 2.75) is 6.67 Å². The van der Waals surface area contributed by atoms with Crippen LogP contribution in [0.1, 0.15) is 0 Å². The standard InChI is InChI=1S/C9H8N6/c1-2-4-9-8(3-1)12-13-15(9)7-14-6-10-5-11-14/h1-6H,7H2. The summed E-state index contributed by atoms with van der Waals surface area (Å²) in [5, 5.41) is 12.1. The Kier molecular flexibility index (Phi) is 1.71. The molecule has 1 aromatic carbocycles. The summed E-state index contributed by atoms with van der Waals surface area (Å²) in [6.07, 6.45) is 3.15. The number of fused-ring (bicyclic) bond motifs is 1. The van der Waals surface area contributed by atoms with E-state index in [9.17, 15) is 0 Å². The summed E-state index contributed by atoms with van der Waals surface area (Å²) in [5.41, 5.74) is 1.88. The Hall–Kier alpha value is -2.24. The van der Waals surface area contributed by atoms with Crippen LogP contribution in [0.3, 0.4) is 0 Å². The van der Waals surface area contributed by atoms with Gasteiger partial charge in [-0.1, -0.05) is 17.3 Å². The van der Waals surface area contributed by atoms with E-state index in [-0.39, 0.29) is 0 Å². The number of rotatable bonds is 2. The largest absolute Gasteiger partial charge is 0.231 e. The minimum atomic E-state index is 0.528. The van der Waals surface area contributed by atoms with Crippen molar-refractivity contribution >= 4 is 11.0 Å². The molecule has 0 spiro atoms. The molecule has 74 valence electrons. The van der Waals surface area contributed by atoms with Gasteiger partial charge in [0, 0.05) is 0 Å². The zero-order valence-electron chi connectivity index (χ0n) is 7.85. The predicted octanol–water partition coefficient (Wildman–Crippen LogP) is 0.529. The van der Waals surface area contributed by atoms with Gasteiger partial charge in [0.15, 0.2) is 0 Å². The molecule has 0 radical (unpaired) electrons. The molecule has 0 bridgehead atoms. The van der Waals surface area contributed by atoms with Crippen molar-refractivity contribution in [3.63, 3.8) is 0 Å². The fourth-order valence-electron chi connectivity index (χ4n) is 1.46. The first-order valence-electron chi connectivity index (χ1n) is 4.54. The minimum absolute atomic E-state index is 0.528. The molecule has 0 fully saturated rings. The molecule has 0 N–H and O–H groups in total. The molecule has 0 amide bonds. The maximum atomic E-state index is 4.05. The van der Waals surface area contributed by atoms with E-state index in [1.165, 1.54) is 6.33 Å². The summed E-state index contributed by atoms with van der Waals surface area (Å²) < 4.78 is 3.48. The molecule has 3 rings (SSSR count). The van der Waals surface area contributed by atoms with Crippen molar-refractivity contribution in [1.82, 2.24) is 29.8 Å². The lowest BCUT2D eigenvalue weighted by Gasteiger charge is -2.00.